The fraction of sp³-hybridized carbons (Fsp3) is 0.188. The Hall–Kier alpha value is -2.00. The molecule has 0 aliphatic heterocycles. The Bertz CT molecular complexity index is 537. The second-order valence-electron chi connectivity index (χ2n) is 4.19. The van der Waals surface area contributed by atoms with Gasteiger partial charge >= 0.3 is 0 Å². The maximum atomic E-state index is 13.4. The van der Waals surface area contributed by atoms with E-state index in [0.717, 1.165) is 5.56 Å². The molecule has 0 spiro atoms. The van der Waals surface area contributed by atoms with Gasteiger partial charge in [0.05, 0.1) is 18.8 Å². The van der Waals surface area contributed by atoms with Crippen LogP contribution in [0.25, 0.3) is 0 Å². The number of benzene rings is 2. The van der Waals surface area contributed by atoms with Crippen molar-refractivity contribution in [3.05, 3.63) is 71.5 Å². The predicted octanol–water partition coefficient (Wildman–Crippen LogP) is 3.62. The molecule has 0 saturated carbocycles. The van der Waals surface area contributed by atoms with E-state index in [1.165, 1.54) is 12.1 Å². The number of carbonyl (C=O) groups excluding carboxylic acids is 1. The molecule has 2 aromatic rings. The zero-order chi connectivity index (χ0) is 13.5. The Morgan fingerprint density at radius 1 is 1.00 bits per heavy atom. The Morgan fingerprint density at radius 3 is 2.42 bits per heavy atom. The summed E-state index contributed by atoms with van der Waals surface area (Å²) in [6, 6.07) is 15.7. The van der Waals surface area contributed by atoms with Crippen molar-refractivity contribution < 1.29 is 13.9 Å². The number of hydrogen-bond acceptors (Lipinski definition) is 2. The first-order valence-corrected chi connectivity index (χ1v) is 6.17. The zero-order valence-corrected chi connectivity index (χ0v) is 10.5. The van der Waals surface area contributed by atoms with E-state index < -0.39 is 5.82 Å². The molecule has 3 heteroatoms. The Kier molecular flexibility index (Phi) is 4.81. The number of rotatable bonds is 6. The standard InChI is InChI=1S/C16H15FO2/c17-15-9-5-4-8-14(15)16(18)10-11-19-12-13-6-2-1-3-7-13/h1-9H,10-12H2. The van der Waals surface area contributed by atoms with Crippen molar-refractivity contribution in [2.75, 3.05) is 6.61 Å². The first-order valence-electron chi connectivity index (χ1n) is 6.17. The van der Waals surface area contributed by atoms with Gasteiger partial charge in [-0.15, -0.1) is 0 Å². The summed E-state index contributed by atoms with van der Waals surface area (Å²) in [6.45, 7) is 0.757. The predicted molar refractivity (Wildman–Crippen MR) is 71.4 cm³/mol. The van der Waals surface area contributed by atoms with Crippen LogP contribution in [-0.4, -0.2) is 12.4 Å². The van der Waals surface area contributed by atoms with Gasteiger partial charge in [0.25, 0.3) is 0 Å². The SMILES string of the molecule is O=C(CCOCc1ccccc1)c1ccccc1F. The van der Waals surface area contributed by atoms with Gasteiger partial charge in [-0.2, -0.15) is 0 Å². The van der Waals surface area contributed by atoms with Gasteiger partial charge < -0.3 is 4.74 Å². The van der Waals surface area contributed by atoms with Gasteiger partial charge in [0.2, 0.25) is 0 Å². The second-order valence-corrected chi connectivity index (χ2v) is 4.19. The van der Waals surface area contributed by atoms with Crippen molar-refractivity contribution in [2.24, 2.45) is 0 Å². The Balaban J connectivity index is 1.77. The van der Waals surface area contributed by atoms with Crippen molar-refractivity contribution in [2.45, 2.75) is 13.0 Å². The third kappa shape index (κ3) is 4.00. The molecule has 0 amide bonds. The largest absolute Gasteiger partial charge is 0.376 e. The lowest BCUT2D eigenvalue weighted by atomic mass is 10.1. The molecule has 0 unspecified atom stereocenters. The number of hydrogen-bond donors (Lipinski definition) is 0. The highest BCUT2D eigenvalue weighted by molar-refractivity contribution is 5.96. The first kappa shape index (κ1) is 13.4. The molecule has 0 N–H and O–H groups in total. The summed E-state index contributed by atoms with van der Waals surface area (Å²) in [5.41, 5.74) is 1.19. The molecule has 98 valence electrons. The van der Waals surface area contributed by atoms with E-state index in [4.69, 9.17) is 4.74 Å². The molecule has 0 fully saturated rings. The summed E-state index contributed by atoms with van der Waals surface area (Å²) in [4.78, 5) is 11.8. The van der Waals surface area contributed by atoms with Crippen LogP contribution in [0.5, 0.6) is 0 Å². The van der Waals surface area contributed by atoms with E-state index in [-0.39, 0.29) is 17.8 Å². The van der Waals surface area contributed by atoms with Crippen molar-refractivity contribution in [1.29, 1.82) is 0 Å². The van der Waals surface area contributed by atoms with E-state index in [1.54, 1.807) is 12.1 Å². The van der Waals surface area contributed by atoms with Crippen LogP contribution in [0.3, 0.4) is 0 Å². The van der Waals surface area contributed by atoms with E-state index in [9.17, 15) is 9.18 Å². The summed E-state index contributed by atoms with van der Waals surface area (Å²) in [5, 5.41) is 0. The van der Waals surface area contributed by atoms with Crippen LogP contribution < -0.4 is 0 Å². The maximum Gasteiger partial charge on any atom is 0.168 e. The second kappa shape index (κ2) is 6.81. The highest BCUT2D eigenvalue weighted by atomic mass is 19.1. The first-order chi connectivity index (χ1) is 9.27. The minimum atomic E-state index is -0.476. The van der Waals surface area contributed by atoms with Crippen LogP contribution in [0.1, 0.15) is 22.3 Å². The molecule has 2 rings (SSSR count). The smallest absolute Gasteiger partial charge is 0.168 e. The zero-order valence-electron chi connectivity index (χ0n) is 10.5. The fourth-order valence-corrected chi connectivity index (χ4v) is 1.75. The quantitative estimate of drug-likeness (QED) is 0.584. The van der Waals surface area contributed by atoms with E-state index in [0.29, 0.717) is 13.2 Å². The van der Waals surface area contributed by atoms with Gasteiger partial charge in [-0.3, -0.25) is 4.79 Å². The lowest BCUT2D eigenvalue weighted by molar-refractivity contribution is 0.0845. The van der Waals surface area contributed by atoms with Crippen LogP contribution >= 0.6 is 0 Å². The van der Waals surface area contributed by atoms with E-state index in [1.807, 2.05) is 30.3 Å². The van der Waals surface area contributed by atoms with Gasteiger partial charge in [0, 0.05) is 6.42 Å². The van der Waals surface area contributed by atoms with Crippen LogP contribution in [0, 0.1) is 5.82 Å². The third-order valence-corrected chi connectivity index (χ3v) is 2.76. The minimum absolute atomic E-state index is 0.130. The molecule has 0 saturated heterocycles. The molecule has 0 heterocycles. The average molecular weight is 258 g/mol. The Morgan fingerprint density at radius 2 is 1.68 bits per heavy atom. The molecule has 2 nitrogen and oxygen atoms in total. The Labute approximate surface area is 111 Å². The maximum absolute atomic E-state index is 13.4. The lowest BCUT2D eigenvalue weighted by Gasteiger charge is -2.04. The van der Waals surface area contributed by atoms with Crippen molar-refractivity contribution in [3.8, 4) is 0 Å². The molecular weight excluding hydrogens is 243 g/mol. The molecule has 0 bridgehead atoms. The van der Waals surface area contributed by atoms with Gasteiger partial charge in [-0.25, -0.2) is 4.39 Å². The summed E-state index contributed by atoms with van der Waals surface area (Å²) >= 11 is 0. The monoisotopic (exact) mass is 258 g/mol. The van der Waals surface area contributed by atoms with Crippen LogP contribution in [0.4, 0.5) is 4.39 Å². The molecule has 0 aliphatic rings. The van der Waals surface area contributed by atoms with Gasteiger partial charge in [0.15, 0.2) is 5.78 Å². The highest BCUT2D eigenvalue weighted by Crippen LogP contribution is 2.09. The minimum Gasteiger partial charge on any atom is -0.376 e. The summed E-state index contributed by atoms with van der Waals surface area (Å²) in [7, 11) is 0. The van der Waals surface area contributed by atoms with Crippen molar-refractivity contribution >= 4 is 5.78 Å². The summed E-state index contributed by atoms with van der Waals surface area (Å²) in [5.74, 6) is -0.707. The number of carbonyl (C=O) groups is 1. The highest BCUT2D eigenvalue weighted by Gasteiger charge is 2.10. The average Bonchev–Trinajstić information content (AvgIpc) is 2.45. The number of halogens is 1. The van der Waals surface area contributed by atoms with Gasteiger partial charge in [-0.1, -0.05) is 42.5 Å². The van der Waals surface area contributed by atoms with Crippen LogP contribution in [0.2, 0.25) is 0 Å². The summed E-state index contributed by atoms with van der Waals surface area (Å²) in [6.07, 6.45) is 0.188. The topological polar surface area (TPSA) is 26.3 Å². The normalized spacial score (nSPS) is 10.4. The fourth-order valence-electron chi connectivity index (χ4n) is 1.75. The number of ether oxygens (including phenoxy) is 1. The van der Waals surface area contributed by atoms with Crippen LogP contribution in [-0.2, 0) is 11.3 Å². The summed E-state index contributed by atoms with van der Waals surface area (Å²) < 4.78 is 18.8. The molecular formula is C16H15FO2. The van der Waals surface area contributed by atoms with Gasteiger partial charge in [-0.05, 0) is 17.7 Å². The number of Topliss-reactive ketones (excluding diaryl/α,β-unsaturated/α-hetero) is 1. The third-order valence-electron chi connectivity index (χ3n) is 2.76. The molecule has 0 aromatic heterocycles. The van der Waals surface area contributed by atoms with Gasteiger partial charge in [0.1, 0.15) is 5.82 Å². The molecule has 2 aromatic carbocycles. The van der Waals surface area contributed by atoms with E-state index in [2.05, 4.69) is 0 Å². The molecule has 0 radical (unpaired) electrons. The van der Waals surface area contributed by atoms with Crippen LogP contribution in [0.15, 0.2) is 54.6 Å². The number of ketones is 1. The molecule has 19 heavy (non-hydrogen) atoms. The molecule has 0 atom stereocenters. The molecule has 0 aliphatic carbocycles. The van der Waals surface area contributed by atoms with Crippen molar-refractivity contribution in [1.82, 2.24) is 0 Å². The van der Waals surface area contributed by atoms with E-state index >= 15 is 0 Å². The lowest BCUT2D eigenvalue weighted by Crippen LogP contribution is -2.06. The van der Waals surface area contributed by atoms with Crippen molar-refractivity contribution in [3.63, 3.8) is 0 Å².